The number of carbonyl (C=O) groups excluding carboxylic acids is 2. The lowest BCUT2D eigenvalue weighted by Gasteiger charge is -2.33. The molecule has 10 heteroatoms. The van der Waals surface area contributed by atoms with Crippen molar-refractivity contribution in [2.24, 2.45) is 11.8 Å². The second-order valence-electron chi connectivity index (χ2n) is 7.38. The van der Waals surface area contributed by atoms with Crippen molar-refractivity contribution >= 4 is 50.5 Å². The summed E-state index contributed by atoms with van der Waals surface area (Å²) in [6, 6.07) is 9.66. The monoisotopic (exact) mass is 484 g/mol. The number of carbonyl (C=O) groups is 2. The molecule has 1 saturated heterocycles. The number of ether oxygens (including phenoxy) is 1. The van der Waals surface area contributed by atoms with Gasteiger partial charge in [-0.25, -0.2) is 13.2 Å². The molecular formula is C21H25ClN2O5S2. The highest BCUT2D eigenvalue weighted by atomic mass is 35.5. The summed E-state index contributed by atoms with van der Waals surface area (Å²) in [5, 5.41) is 2.87. The highest BCUT2D eigenvalue weighted by Gasteiger charge is 2.34. The van der Waals surface area contributed by atoms with Gasteiger partial charge in [0.1, 0.15) is 4.21 Å². The van der Waals surface area contributed by atoms with Crippen LogP contribution in [-0.2, 0) is 19.6 Å². The summed E-state index contributed by atoms with van der Waals surface area (Å²) in [6.07, 6.45) is 1.21. The molecule has 1 aromatic heterocycles. The van der Waals surface area contributed by atoms with Crippen molar-refractivity contribution in [2.45, 2.75) is 30.9 Å². The number of sulfonamides is 1. The summed E-state index contributed by atoms with van der Waals surface area (Å²) in [4.78, 5) is 24.4. The van der Waals surface area contributed by atoms with Crippen LogP contribution in [0.4, 0.5) is 5.69 Å². The molecule has 1 N–H and O–H groups in total. The molecule has 31 heavy (non-hydrogen) atoms. The third kappa shape index (κ3) is 5.65. The molecule has 1 aliphatic heterocycles. The Morgan fingerprint density at radius 1 is 1.19 bits per heavy atom. The van der Waals surface area contributed by atoms with Gasteiger partial charge < -0.3 is 10.1 Å². The Hall–Kier alpha value is -1.94. The van der Waals surface area contributed by atoms with Crippen LogP contribution in [0.2, 0.25) is 4.34 Å². The molecule has 2 aromatic rings. The highest BCUT2D eigenvalue weighted by Crippen LogP contribution is 2.32. The minimum Gasteiger partial charge on any atom is -0.462 e. The van der Waals surface area contributed by atoms with E-state index in [4.69, 9.17) is 16.3 Å². The average Bonchev–Trinajstić information content (AvgIpc) is 3.21. The second kappa shape index (κ2) is 10.1. The summed E-state index contributed by atoms with van der Waals surface area (Å²) in [6.45, 7) is 4.64. The smallest absolute Gasteiger partial charge is 0.338 e. The first-order chi connectivity index (χ1) is 14.7. The van der Waals surface area contributed by atoms with Crippen LogP contribution in [-0.4, -0.2) is 44.3 Å². The van der Waals surface area contributed by atoms with Crippen LogP contribution in [0.25, 0.3) is 0 Å². The number of esters is 1. The molecule has 2 heterocycles. The van der Waals surface area contributed by atoms with Crippen molar-refractivity contribution in [3.63, 3.8) is 0 Å². The van der Waals surface area contributed by atoms with Crippen LogP contribution in [0.15, 0.2) is 40.6 Å². The van der Waals surface area contributed by atoms with E-state index in [-0.39, 0.29) is 22.0 Å². The third-order valence-corrected chi connectivity index (χ3v) is 9.02. The lowest BCUT2D eigenvalue weighted by molar-refractivity contribution is -0.121. The largest absolute Gasteiger partial charge is 0.462 e. The van der Waals surface area contributed by atoms with E-state index in [2.05, 4.69) is 5.32 Å². The van der Waals surface area contributed by atoms with E-state index >= 15 is 0 Å². The average molecular weight is 485 g/mol. The van der Waals surface area contributed by atoms with Crippen LogP contribution < -0.4 is 5.32 Å². The van der Waals surface area contributed by atoms with E-state index in [9.17, 15) is 18.0 Å². The van der Waals surface area contributed by atoms with Gasteiger partial charge in [0.05, 0.1) is 16.5 Å². The van der Waals surface area contributed by atoms with Gasteiger partial charge in [-0.1, -0.05) is 18.5 Å². The van der Waals surface area contributed by atoms with E-state index in [1.54, 1.807) is 37.3 Å². The first-order valence-corrected chi connectivity index (χ1v) is 12.7. The van der Waals surface area contributed by atoms with Crippen LogP contribution >= 0.6 is 22.9 Å². The van der Waals surface area contributed by atoms with Crippen molar-refractivity contribution in [3.05, 3.63) is 46.3 Å². The number of hydrogen-bond acceptors (Lipinski definition) is 6. The maximum absolute atomic E-state index is 12.7. The number of nitrogens with zero attached hydrogens (tertiary/aromatic N) is 1. The van der Waals surface area contributed by atoms with E-state index in [0.29, 0.717) is 48.1 Å². The third-order valence-electron chi connectivity index (χ3n) is 5.43. The maximum Gasteiger partial charge on any atom is 0.338 e. The number of hydrogen-bond donors (Lipinski definition) is 1. The van der Waals surface area contributed by atoms with Crippen molar-refractivity contribution < 1.29 is 22.7 Å². The predicted molar refractivity (Wildman–Crippen MR) is 121 cm³/mol. The van der Waals surface area contributed by atoms with Crippen LogP contribution in [0.5, 0.6) is 0 Å². The Kier molecular flexibility index (Phi) is 7.74. The summed E-state index contributed by atoms with van der Waals surface area (Å²) >= 11 is 6.93. The fraction of sp³-hybridized carbons (Fsp3) is 0.429. The number of halogens is 1. The minimum absolute atomic E-state index is 0.0807. The van der Waals surface area contributed by atoms with Gasteiger partial charge in [-0.05, 0) is 62.1 Å². The molecule has 1 unspecified atom stereocenters. The first kappa shape index (κ1) is 23.7. The molecular weight excluding hydrogens is 460 g/mol. The number of benzene rings is 1. The summed E-state index contributed by atoms with van der Waals surface area (Å²) in [7, 11) is -3.55. The molecule has 0 bridgehead atoms. The molecule has 1 aromatic carbocycles. The van der Waals surface area contributed by atoms with Gasteiger partial charge in [0.2, 0.25) is 5.91 Å². The summed E-state index contributed by atoms with van der Waals surface area (Å²) in [5.74, 6) is -0.724. The highest BCUT2D eigenvalue weighted by molar-refractivity contribution is 7.91. The van der Waals surface area contributed by atoms with E-state index in [1.807, 2.05) is 6.92 Å². The van der Waals surface area contributed by atoms with Crippen LogP contribution in [0.3, 0.4) is 0 Å². The van der Waals surface area contributed by atoms with Gasteiger partial charge in [0.25, 0.3) is 10.0 Å². The van der Waals surface area contributed by atoms with Gasteiger partial charge >= 0.3 is 5.97 Å². The molecule has 1 fully saturated rings. The molecule has 0 spiro atoms. The zero-order valence-electron chi connectivity index (χ0n) is 17.3. The van der Waals surface area contributed by atoms with Crippen molar-refractivity contribution in [2.75, 3.05) is 25.0 Å². The fourth-order valence-electron chi connectivity index (χ4n) is 3.55. The quantitative estimate of drug-likeness (QED) is 0.593. The minimum atomic E-state index is -3.55. The molecule has 168 valence electrons. The van der Waals surface area contributed by atoms with Crippen molar-refractivity contribution in [3.8, 4) is 0 Å². The Morgan fingerprint density at radius 2 is 1.84 bits per heavy atom. The van der Waals surface area contributed by atoms with Crippen molar-refractivity contribution in [1.82, 2.24) is 4.31 Å². The summed E-state index contributed by atoms with van der Waals surface area (Å²) in [5.41, 5.74) is 1.02. The Labute approximate surface area is 191 Å². The number of rotatable bonds is 7. The van der Waals surface area contributed by atoms with Crippen molar-refractivity contribution in [1.29, 1.82) is 0 Å². The molecule has 0 radical (unpaired) electrons. The van der Waals surface area contributed by atoms with Gasteiger partial charge in [-0.3, -0.25) is 4.79 Å². The second-order valence-corrected chi connectivity index (χ2v) is 11.3. The topological polar surface area (TPSA) is 92.8 Å². The standard InChI is InChI=1S/C21H25ClN2O5S2/c1-3-29-21(26)16-4-6-17(7-5-16)23-20(25)14(2)15-10-12-24(13-11-15)31(27,28)19-9-8-18(22)30-19/h4-9,14-15H,3,10-13H2,1-2H3,(H,23,25). The van der Waals surface area contributed by atoms with E-state index in [1.165, 1.54) is 10.4 Å². The molecule has 0 saturated carbocycles. The van der Waals surface area contributed by atoms with Gasteiger partial charge in [0, 0.05) is 24.7 Å². The molecule has 0 aliphatic carbocycles. The SMILES string of the molecule is CCOC(=O)c1ccc(NC(=O)C(C)C2CCN(S(=O)(=O)c3ccc(Cl)s3)CC2)cc1. The van der Waals surface area contributed by atoms with Crippen LogP contribution in [0, 0.1) is 11.8 Å². The number of amides is 1. The van der Waals surface area contributed by atoms with Gasteiger partial charge in [0.15, 0.2) is 0 Å². The van der Waals surface area contributed by atoms with E-state index < -0.39 is 16.0 Å². The number of piperidine rings is 1. The number of nitrogens with one attached hydrogen (secondary N) is 1. The Bertz CT molecular complexity index is 1030. The maximum atomic E-state index is 12.7. The number of anilines is 1. The zero-order chi connectivity index (χ0) is 22.6. The fourth-order valence-corrected chi connectivity index (χ4v) is 6.66. The van der Waals surface area contributed by atoms with Gasteiger partial charge in [-0.2, -0.15) is 4.31 Å². The molecule has 1 atom stereocenters. The van der Waals surface area contributed by atoms with E-state index in [0.717, 1.165) is 11.3 Å². The Morgan fingerprint density at radius 3 is 2.39 bits per heavy atom. The Balaban J connectivity index is 1.55. The molecule has 3 rings (SSSR count). The normalized spacial score (nSPS) is 16.6. The lowest BCUT2D eigenvalue weighted by atomic mass is 9.85. The summed E-state index contributed by atoms with van der Waals surface area (Å²) < 4.78 is 32.6. The molecule has 7 nitrogen and oxygen atoms in total. The first-order valence-electron chi connectivity index (χ1n) is 10.1. The lowest BCUT2D eigenvalue weighted by Crippen LogP contribution is -2.41. The van der Waals surface area contributed by atoms with Gasteiger partial charge in [-0.15, -0.1) is 11.3 Å². The molecule has 1 aliphatic rings. The number of thiophene rings is 1. The zero-order valence-corrected chi connectivity index (χ0v) is 19.7. The molecule has 1 amide bonds. The predicted octanol–water partition coefficient (Wildman–Crippen LogP) is 4.25. The van der Waals surface area contributed by atoms with Crippen LogP contribution in [0.1, 0.15) is 37.0 Å².